The van der Waals surface area contributed by atoms with E-state index >= 15 is 0 Å². The Morgan fingerprint density at radius 3 is 2.56 bits per heavy atom. The van der Waals surface area contributed by atoms with Crippen LogP contribution in [0, 0.1) is 0 Å². The molecule has 0 bridgehead atoms. The maximum atomic E-state index is 12.7. The van der Waals surface area contributed by atoms with E-state index in [2.05, 4.69) is 5.32 Å². The molecule has 2 aromatic carbocycles. The number of nitrogens with one attached hydrogen (secondary N) is 1. The zero-order valence-electron chi connectivity index (χ0n) is 14.3. The van der Waals surface area contributed by atoms with Gasteiger partial charge in [0, 0.05) is 11.8 Å². The average molecular weight is 365 g/mol. The molecule has 0 aliphatic carbocycles. The van der Waals surface area contributed by atoms with Crippen LogP contribution in [0.3, 0.4) is 0 Å². The molecule has 0 unspecified atom stereocenters. The number of hydrogen-bond acceptors (Lipinski definition) is 5. The van der Waals surface area contributed by atoms with E-state index in [0.29, 0.717) is 22.6 Å². The van der Waals surface area contributed by atoms with E-state index < -0.39 is 17.3 Å². The number of aliphatic carboxylic acids is 1. The first-order valence-electron chi connectivity index (χ1n) is 7.90. The second-order valence-corrected chi connectivity index (χ2v) is 5.59. The van der Waals surface area contributed by atoms with E-state index in [9.17, 15) is 14.4 Å². The standard InChI is InChI=1S/C20H15NO6/c1-26-14-6-4-13(5-7-14)21-20(25)16-11-27-17-8-2-12(3-9-18(22)23)10-15(17)19(16)24/h2-11H,1H3,(H,21,25)(H,22,23)/b9-3+. The molecule has 1 amide bonds. The summed E-state index contributed by atoms with van der Waals surface area (Å²) in [6, 6.07) is 11.3. The molecular weight excluding hydrogens is 350 g/mol. The number of benzene rings is 2. The summed E-state index contributed by atoms with van der Waals surface area (Å²) in [5, 5.41) is 11.5. The zero-order valence-corrected chi connectivity index (χ0v) is 14.3. The second-order valence-electron chi connectivity index (χ2n) is 5.59. The molecule has 1 aromatic heterocycles. The van der Waals surface area contributed by atoms with Crippen molar-refractivity contribution in [2.45, 2.75) is 0 Å². The van der Waals surface area contributed by atoms with Gasteiger partial charge in [-0.3, -0.25) is 9.59 Å². The Morgan fingerprint density at radius 2 is 1.89 bits per heavy atom. The number of rotatable bonds is 5. The van der Waals surface area contributed by atoms with Gasteiger partial charge in [-0.05, 0) is 48.0 Å². The molecule has 3 aromatic rings. The predicted octanol–water partition coefficient (Wildman–Crippen LogP) is 3.15. The number of carboxylic acids is 1. The van der Waals surface area contributed by atoms with Crippen LogP contribution >= 0.6 is 0 Å². The van der Waals surface area contributed by atoms with Gasteiger partial charge in [0.25, 0.3) is 5.91 Å². The largest absolute Gasteiger partial charge is 0.497 e. The molecule has 2 N–H and O–H groups in total. The highest BCUT2D eigenvalue weighted by Crippen LogP contribution is 2.17. The van der Waals surface area contributed by atoms with Gasteiger partial charge in [-0.1, -0.05) is 6.07 Å². The number of carbonyl (C=O) groups excluding carboxylic acids is 1. The SMILES string of the molecule is COc1ccc(NC(=O)c2coc3ccc(/C=C/C(=O)O)cc3c2=O)cc1. The highest BCUT2D eigenvalue weighted by molar-refractivity contribution is 6.05. The summed E-state index contributed by atoms with van der Waals surface area (Å²) in [5.74, 6) is -1.07. The van der Waals surface area contributed by atoms with Gasteiger partial charge in [0.2, 0.25) is 5.43 Å². The number of ether oxygens (including phenoxy) is 1. The summed E-state index contributed by atoms with van der Waals surface area (Å²) in [4.78, 5) is 35.7. The first-order valence-corrected chi connectivity index (χ1v) is 7.90. The van der Waals surface area contributed by atoms with Crippen LogP contribution in [0.2, 0.25) is 0 Å². The van der Waals surface area contributed by atoms with Crippen molar-refractivity contribution >= 4 is 34.6 Å². The third-order valence-corrected chi connectivity index (χ3v) is 3.81. The highest BCUT2D eigenvalue weighted by atomic mass is 16.5. The van der Waals surface area contributed by atoms with Gasteiger partial charge in [-0.2, -0.15) is 0 Å². The van der Waals surface area contributed by atoms with E-state index in [-0.39, 0.29) is 10.9 Å². The fourth-order valence-corrected chi connectivity index (χ4v) is 2.45. The molecule has 7 heteroatoms. The number of carbonyl (C=O) groups is 2. The summed E-state index contributed by atoms with van der Waals surface area (Å²) in [6.45, 7) is 0. The van der Waals surface area contributed by atoms with Gasteiger partial charge in [-0.15, -0.1) is 0 Å². The van der Waals surface area contributed by atoms with Gasteiger partial charge in [-0.25, -0.2) is 4.79 Å². The van der Waals surface area contributed by atoms with Gasteiger partial charge in [0.15, 0.2) is 0 Å². The van der Waals surface area contributed by atoms with Crippen molar-refractivity contribution in [1.82, 2.24) is 0 Å². The molecule has 27 heavy (non-hydrogen) atoms. The summed E-state index contributed by atoms with van der Waals surface area (Å²) in [7, 11) is 1.54. The molecule has 0 aliphatic heterocycles. The molecular formula is C20H15NO6. The van der Waals surface area contributed by atoms with Crippen LogP contribution < -0.4 is 15.5 Å². The van der Waals surface area contributed by atoms with Gasteiger partial charge in [0.05, 0.1) is 12.5 Å². The first kappa shape index (κ1) is 17.9. The lowest BCUT2D eigenvalue weighted by Crippen LogP contribution is -2.21. The Morgan fingerprint density at radius 1 is 1.15 bits per heavy atom. The molecule has 0 atom stereocenters. The molecule has 136 valence electrons. The van der Waals surface area contributed by atoms with Crippen LogP contribution in [-0.2, 0) is 4.79 Å². The minimum atomic E-state index is -1.10. The molecule has 7 nitrogen and oxygen atoms in total. The van der Waals surface area contributed by atoms with E-state index in [1.165, 1.54) is 19.3 Å². The van der Waals surface area contributed by atoms with Crippen LogP contribution in [0.5, 0.6) is 5.75 Å². The van der Waals surface area contributed by atoms with Crippen molar-refractivity contribution < 1.29 is 23.8 Å². The van der Waals surface area contributed by atoms with Crippen LogP contribution in [-0.4, -0.2) is 24.1 Å². The molecule has 0 fully saturated rings. The van der Waals surface area contributed by atoms with Gasteiger partial charge < -0.3 is 19.6 Å². The lowest BCUT2D eigenvalue weighted by atomic mass is 10.1. The van der Waals surface area contributed by atoms with E-state index in [1.54, 1.807) is 36.4 Å². The minimum Gasteiger partial charge on any atom is -0.497 e. The van der Waals surface area contributed by atoms with Gasteiger partial charge in [0.1, 0.15) is 23.2 Å². The third kappa shape index (κ3) is 4.04. The Labute approximate surface area is 153 Å². The minimum absolute atomic E-state index is 0.155. The molecule has 0 saturated heterocycles. The number of carboxylic acid groups (broad SMARTS) is 1. The van der Waals surface area contributed by atoms with Gasteiger partial charge >= 0.3 is 5.97 Å². The topological polar surface area (TPSA) is 106 Å². The van der Waals surface area contributed by atoms with Crippen molar-refractivity contribution in [2.24, 2.45) is 0 Å². The molecule has 0 spiro atoms. The van der Waals surface area contributed by atoms with Crippen molar-refractivity contribution in [3.8, 4) is 5.75 Å². The quantitative estimate of drug-likeness (QED) is 0.673. The second kappa shape index (κ2) is 7.57. The number of anilines is 1. The Kier molecular flexibility index (Phi) is 5.03. The lowest BCUT2D eigenvalue weighted by molar-refractivity contribution is -0.131. The van der Waals surface area contributed by atoms with Crippen molar-refractivity contribution in [3.05, 3.63) is 76.2 Å². The predicted molar refractivity (Wildman–Crippen MR) is 100 cm³/mol. The number of methoxy groups -OCH3 is 1. The lowest BCUT2D eigenvalue weighted by Gasteiger charge is -2.06. The molecule has 0 radical (unpaired) electrons. The fourth-order valence-electron chi connectivity index (χ4n) is 2.45. The Hall–Kier alpha value is -3.87. The summed E-state index contributed by atoms with van der Waals surface area (Å²) in [5.41, 5.74) is 0.641. The molecule has 0 saturated carbocycles. The zero-order chi connectivity index (χ0) is 19.4. The monoisotopic (exact) mass is 365 g/mol. The summed E-state index contributed by atoms with van der Waals surface area (Å²) < 4.78 is 10.4. The highest BCUT2D eigenvalue weighted by Gasteiger charge is 2.15. The molecule has 3 rings (SSSR count). The van der Waals surface area contributed by atoms with Crippen LogP contribution in [0.25, 0.3) is 17.0 Å². The fraction of sp³-hybridized carbons (Fsp3) is 0.0500. The molecule has 1 heterocycles. The number of fused-ring (bicyclic) bond motifs is 1. The maximum Gasteiger partial charge on any atom is 0.328 e. The smallest absolute Gasteiger partial charge is 0.328 e. The molecule has 0 aliphatic rings. The summed E-state index contributed by atoms with van der Waals surface area (Å²) in [6.07, 6.45) is 3.42. The maximum absolute atomic E-state index is 12.7. The first-order chi connectivity index (χ1) is 13.0. The number of hydrogen-bond donors (Lipinski definition) is 2. The number of amides is 1. The van der Waals surface area contributed by atoms with Crippen LogP contribution in [0.4, 0.5) is 5.69 Å². The van der Waals surface area contributed by atoms with E-state index in [1.807, 2.05) is 0 Å². The normalized spacial score (nSPS) is 10.9. The van der Waals surface area contributed by atoms with E-state index in [0.717, 1.165) is 12.3 Å². The third-order valence-electron chi connectivity index (χ3n) is 3.81. The van der Waals surface area contributed by atoms with E-state index in [4.69, 9.17) is 14.3 Å². The summed E-state index contributed by atoms with van der Waals surface area (Å²) >= 11 is 0. The van der Waals surface area contributed by atoms with Crippen LogP contribution in [0.1, 0.15) is 15.9 Å². The van der Waals surface area contributed by atoms with Crippen molar-refractivity contribution in [3.63, 3.8) is 0 Å². The average Bonchev–Trinajstić information content (AvgIpc) is 2.67. The van der Waals surface area contributed by atoms with Crippen molar-refractivity contribution in [1.29, 1.82) is 0 Å². The van der Waals surface area contributed by atoms with Crippen molar-refractivity contribution in [2.75, 3.05) is 12.4 Å². The Bertz CT molecular complexity index is 1100. The Balaban J connectivity index is 1.93. The van der Waals surface area contributed by atoms with Crippen LogP contribution in [0.15, 0.2) is 64.0 Å².